The van der Waals surface area contributed by atoms with Gasteiger partial charge in [0, 0.05) is 0 Å². The van der Waals surface area contributed by atoms with E-state index in [9.17, 15) is 22.4 Å². The lowest BCUT2D eigenvalue weighted by atomic mass is 10.1. The van der Waals surface area contributed by atoms with Crippen LogP contribution in [0.4, 0.5) is 15.8 Å². The Hall–Kier alpha value is -4.70. The molecule has 212 valence electrons. The number of benzene rings is 4. The molecular formula is C31H30FN3O5S. The minimum absolute atomic E-state index is 0.0762. The molecule has 0 fully saturated rings. The molecule has 2 amide bonds. The molecule has 1 atom stereocenters. The van der Waals surface area contributed by atoms with Crippen molar-refractivity contribution in [3.8, 4) is 5.75 Å². The summed E-state index contributed by atoms with van der Waals surface area (Å²) in [6.07, 6.45) is 0. The van der Waals surface area contributed by atoms with Gasteiger partial charge in [-0.3, -0.25) is 13.9 Å². The van der Waals surface area contributed by atoms with Crippen molar-refractivity contribution < 1.29 is 27.1 Å². The van der Waals surface area contributed by atoms with Gasteiger partial charge in [0.1, 0.15) is 18.1 Å². The molecule has 0 aromatic heterocycles. The topological polar surface area (TPSA) is 105 Å². The van der Waals surface area contributed by atoms with E-state index in [0.29, 0.717) is 12.4 Å². The first-order valence-electron chi connectivity index (χ1n) is 12.9. The molecule has 0 aliphatic carbocycles. The van der Waals surface area contributed by atoms with Crippen LogP contribution in [-0.2, 0) is 14.8 Å². The number of para-hydroxylation sites is 1. The molecular weight excluding hydrogens is 545 g/mol. The van der Waals surface area contributed by atoms with Gasteiger partial charge < -0.3 is 15.4 Å². The monoisotopic (exact) mass is 575 g/mol. The Morgan fingerprint density at radius 2 is 1.51 bits per heavy atom. The number of hydrogen-bond acceptors (Lipinski definition) is 5. The lowest BCUT2D eigenvalue weighted by Gasteiger charge is -2.24. The maximum Gasteiger partial charge on any atom is 0.264 e. The number of carbonyl (C=O) groups is 2. The van der Waals surface area contributed by atoms with E-state index in [4.69, 9.17) is 4.74 Å². The third-order valence-electron chi connectivity index (χ3n) is 6.22. The summed E-state index contributed by atoms with van der Waals surface area (Å²) in [5.74, 6) is -1.16. The Kier molecular flexibility index (Phi) is 9.36. The summed E-state index contributed by atoms with van der Waals surface area (Å²) < 4.78 is 47.2. The molecule has 0 aliphatic heterocycles. The first-order valence-corrected chi connectivity index (χ1v) is 14.4. The Labute approximate surface area is 238 Å². The van der Waals surface area contributed by atoms with Crippen LogP contribution in [-0.4, -0.2) is 33.4 Å². The zero-order chi connectivity index (χ0) is 29.4. The number of ether oxygens (including phenoxy) is 1. The second-order valence-electron chi connectivity index (χ2n) is 9.09. The summed E-state index contributed by atoms with van der Waals surface area (Å²) in [6.45, 7) is 3.45. The third kappa shape index (κ3) is 7.29. The highest BCUT2D eigenvalue weighted by atomic mass is 32.2. The van der Waals surface area contributed by atoms with E-state index in [1.54, 1.807) is 24.3 Å². The van der Waals surface area contributed by atoms with Gasteiger partial charge >= 0.3 is 0 Å². The van der Waals surface area contributed by atoms with Gasteiger partial charge in [0.05, 0.1) is 34.5 Å². The summed E-state index contributed by atoms with van der Waals surface area (Å²) in [6, 6.07) is 26.2. The van der Waals surface area contributed by atoms with E-state index in [0.717, 1.165) is 22.0 Å². The molecule has 0 aliphatic rings. The fraction of sp³-hybridized carbons (Fsp3) is 0.161. The molecule has 0 heterocycles. The second-order valence-corrected chi connectivity index (χ2v) is 11.0. The standard InChI is InChI=1S/C31H30FN3O5S/c1-3-40-26-17-19-27(20-18-26)41(38,39)35(25-15-13-24(32)14-16-25)21-30(36)34-29-12-8-7-11-28(29)31(37)33-22(2)23-9-5-4-6-10-23/h4-20,22H,3,21H2,1-2H3,(H,33,37)(H,34,36)/t22-/m0/s1. The molecule has 8 nitrogen and oxygen atoms in total. The Bertz CT molecular complexity index is 1600. The lowest BCUT2D eigenvalue weighted by molar-refractivity contribution is -0.114. The van der Waals surface area contributed by atoms with Crippen molar-refractivity contribution in [1.82, 2.24) is 5.32 Å². The van der Waals surface area contributed by atoms with Crippen molar-refractivity contribution in [2.75, 3.05) is 22.8 Å². The minimum atomic E-state index is -4.24. The first kappa shape index (κ1) is 29.3. The van der Waals surface area contributed by atoms with Crippen LogP contribution in [0.1, 0.15) is 35.8 Å². The van der Waals surface area contributed by atoms with Gasteiger partial charge in [-0.1, -0.05) is 42.5 Å². The molecule has 0 unspecified atom stereocenters. The number of anilines is 2. The van der Waals surface area contributed by atoms with E-state index in [1.807, 2.05) is 44.2 Å². The Morgan fingerprint density at radius 1 is 0.878 bits per heavy atom. The Balaban J connectivity index is 1.57. The van der Waals surface area contributed by atoms with Crippen molar-refractivity contribution >= 4 is 33.2 Å². The van der Waals surface area contributed by atoms with Crippen molar-refractivity contribution in [3.05, 3.63) is 120 Å². The first-order chi connectivity index (χ1) is 19.7. The number of nitrogens with one attached hydrogen (secondary N) is 2. The van der Waals surface area contributed by atoms with Gasteiger partial charge in [0.2, 0.25) is 5.91 Å². The normalized spacial score (nSPS) is 11.8. The number of nitrogens with zero attached hydrogens (tertiary/aromatic N) is 1. The summed E-state index contributed by atoms with van der Waals surface area (Å²) in [5, 5.41) is 5.58. The van der Waals surface area contributed by atoms with Crippen molar-refractivity contribution in [2.24, 2.45) is 0 Å². The number of sulfonamides is 1. The molecule has 0 saturated heterocycles. The van der Waals surface area contributed by atoms with Crippen LogP contribution in [0.25, 0.3) is 0 Å². The largest absolute Gasteiger partial charge is 0.494 e. The predicted molar refractivity (Wildman–Crippen MR) is 156 cm³/mol. The molecule has 4 rings (SSSR count). The van der Waals surface area contributed by atoms with Crippen LogP contribution in [0.2, 0.25) is 0 Å². The van der Waals surface area contributed by atoms with E-state index < -0.39 is 34.2 Å². The van der Waals surface area contributed by atoms with Crippen LogP contribution < -0.4 is 19.7 Å². The number of halogens is 1. The molecule has 0 bridgehead atoms. The fourth-order valence-corrected chi connectivity index (χ4v) is 5.55. The van der Waals surface area contributed by atoms with Crippen molar-refractivity contribution in [1.29, 1.82) is 0 Å². The lowest BCUT2D eigenvalue weighted by Crippen LogP contribution is -2.38. The van der Waals surface area contributed by atoms with Crippen molar-refractivity contribution in [2.45, 2.75) is 24.8 Å². The van der Waals surface area contributed by atoms with Crippen molar-refractivity contribution in [3.63, 3.8) is 0 Å². The number of rotatable bonds is 11. The van der Waals surface area contributed by atoms with Gasteiger partial charge in [-0.2, -0.15) is 0 Å². The van der Waals surface area contributed by atoms with Gasteiger partial charge in [-0.15, -0.1) is 0 Å². The molecule has 4 aromatic carbocycles. The number of hydrogen-bond donors (Lipinski definition) is 2. The minimum Gasteiger partial charge on any atom is -0.494 e. The van der Waals surface area contributed by atoms with Crippen LogP contribution in [0, 0.1) is 5.82 Å². The zero-order valence-electron chi connectivity index (χ0n) is 22.6. The SMILES string of the molecule is CCOc1ccc(S(=O)(=O)N(CC(=O)Nc2ccccc2C(=O)N[C@@H](C)c2ccccc2)c2ccc(F)cc2)cc1. The summed E-state index contributed by atoms with van der Waals surface area (Å²) >= 11 is 0. The van der Waals surface area contributed by atoms with Crippen LogP contribution >= 0.6 is 0 Å². The van der Waals surface area contributed by atoms with Gasteiger partial charge in [-0.25, -0.2) is 12.8 Å². The second kappa shape index (κ2) is 13.1. The van der Waals surface area contributed by atoms with E-state index in [-0.39, 0.29) is 27.9 Å². The van der Waals surface area contributed by atoms with Crippen LogP contribution in [0.5, 0.6) is 5.75 Å². The average molecular weight is 576 g/mol. The average Bonchev–Trinajstić information content (AvgIpc) is 2.97. The number of carbonyl (C=O) groups excluding carboxylic acids is 2. The van der Waals surface area contributed by atoms with Crippen LogP contribution in [0.15, 0.2) is 108 Å². The van der Waals surface area contributed by atoms with Gasteiger partial charge in [0.25, 0.3) is 15.9 Å². The maximum absolute atomic E-state index is 13.7. The summed E-state index contributed by atoms with van der Waals surface area (Å²) in [5.41, 5.74) is 1.44. The fourth-order valence-electron chi connectivity index (χ4n) is 4.13. The molecule has 10 heteroatoms. The maximum atomic E-state index is 13.7. The molecule has 2 N–H and O–H groups in total. The molecule has 41 heavy (non-hydrogen) atoms. The summed E-state index contributed by atoms with van der Waals surface area (Å²) in [4.78, 5) is 26.3. The predicted octanol–water partition coefficient (Wildman–Crippen LogP) is 5.55. The Morgan fingerprint density at radius 3 is 2.17 bits per heavy atom. The van der Waals surface area contributed by atoms with E-state index in [2.05, 4.69) is 10.6 Å². The number of amides is 2. The van der Waals surface area contributed by atoms with Gasteiger partial charge in [-0.05, 0) is 80.1 Å². The van der Waals surface area contributed by atoms with E-state index >= 15 is 0 Å². The third-order valence-corrected chi connectivity index (χ3v) is 8.01. The summed E-state index contributed by atoms with van der Waals surface area (Å²) in [7, 11) is -4.24. The molecule has 4 aromatic rings. The highest BCUT2D eigenvalue weighted by molar-refractivity contribution is 7.92. The smallest absolute Gasteiger partial charge is 0.264 e. The highest BCUT2D eigenvalue weighted by Crippen LogP contribution is 2.26. The molecule has 0 saturated carbocycles. The van der Waals surface area contributed by atoms with E-state index in [1.165, 1.54) is 36.4 Å². The van der Waals surface area contributed by atoms with Gasteiger partial charge in [0.15, 0.2) is 0 Å². The zero-order valence-corrected chi connectivity index (χ0v) is 23.4. The quantitative estimate of drug-likeness (QED) is 0.244. The van der Waals surface area contributed by atoms with Crippen LogP contribution in [0.3, 0.4) is 0 Å². The highest BCUT2D eigenvalue weighted by Gasteiger charge is 2.28. The molecule has 0 spiro atoms. The molecule has 0 radical (unpaired) electrons.